The quantitative estimate of drug-likeness (QED) is 0.691. The van der Waals surface area contributed by atoms with Gasteiger partial charge in [0.1, 0.15) is 10.6 Å². The molecule has 1 amide bonds. The van der Waals surface area contributed by atoms with E-state index < -0.39 is 6.61 Å². The predicted molar refractivity (Wildman–Crippen MR) is 92.2 cm³/mol. The van der Waals surface area contributed by atoms with Crippen LogP contribution in [-0.2, 0) is 13.6 Å². The average molecular weight is 365 g/mol. The maximum atomic E-state index is 12.6. The molecule has 0 atom stereocenters. The van der Waals surface area contributed by atoms with Crippen LogP contribution in [0.15, 0.2) is 30.3 Å². The van der Waals surface area contributed by atoms with E-state index in [0.717, 1.165) is 21.5 Å². The van der Waals surface area contributed by atoms with Crippen molar-refractivity contribution in [2.45, 2.75) is 20.1 Å². The number of hydrogen-bond acceptors (Lipinski definition) is 4. The van der Waals surface area contributed by atoms with E-state index in [9.17, 15) is 13.6 Å². The van der Waals surface area contributed by atoms with Gasteiger partial charge in [-0.15, -0.1) is 11.3 Å². The number of thiophene rings is 1. The van der Waals surface area contributed by atoms with Gasteiger partial charge in [-0.05, 0) is 30.7 Å². The molecule has 0 unspecified atom stereocenters. The predicted octanol–water partition coefficient (Wildman–Crippen LogP) is 3.82. The number of alkyl halides is 2. The normalized spacial score (nSPS) is 11.3. The van der Waals surface area contributed by atoms with Crippen molar-refractivity contribution in [1.82, 2.24) is 14.7 Å². The minimum atomic E-state index is -2.85. The van der Waals surface area contributed by atoms with E-state index in [4.69, 9.17) is 0 Å². The number of amides is 1. The van der Waals surface area contributed by atoms with Crippen LogP contribution < -0.4 is 4.74 Å². The molecule has 5 nitrogen and oxygen atoms in total. The average Bonchev–Trinajstić information content (AvgIpc) is 3.10. The number of aryl methyl sites for hydroxylation is 2. The summed E-state index contributed by atoms with van der Waals surface area (Å²) in [6.45, 7) is -0.559. The summed E-state index contributed by atoms with van der Waals surface area (Å²) in [5, 5.41) is 5.31. The van der Waals surface area contributed by atoms with Gasteiger partial charge in [-0.3, -0.25) is 9.48 Å². The van der Waals surface area contributed by atoms with Crippen molar-refractivity contribution in [2.24, 2.45) is 7.05 Å². The molecular formula is C17H17F2N3O2S. The number of carbonyl (C=O) groups is 1. The second-order valence-corrected chi connectivity index (χ2v) is 6.75. The van der Waals surface area contributed by atoms with Gasteiger partial charge in [0.05, 0.1) is 10.6 Å². The van der Waals surface area contributed by atoms with Crippen molar-refractivity contribution >= 4 is 27.5 Å². The van der Waals surface area contributed by atoms with Crippen LogP contribution in [0.25, 0.3) is 10.2 Å². The van der Waals surface area contributed by atoms with Gasteiger partial charge in [-0.1, -0.05) is 12.1 Å². The van der Waals surface area contributed by atoms with Gasteiger partial charge in [-0.2, -0.15) is 13.9 Å². The zero-order valence-electron chi connectivity index (χ0n) is 14.0. The fourth-order valence-electron chi connectivity index (χ4n) is 2.62. The Morgan fingerprint density at radius 2 is 2.04 bits per heavy atom. The monoisotopic (exact) mass is 365 g/mol. The number of rotatable bonds is 5. The zero-order chi connectivity index (χ0) is 18.1. The molecule has 0 aliphatic heterocycles. The molecular weight excluding hydrogens is 348 g/mol. The Bertz CT molecular complexity index is 868. The SMILES string of the molecule is Cc1nn(C)c2sc(C(=O)N(C)Cc3ccc(OC(F)F)cc3)cc12. The Morgan fingerprint density at radius 3 is 2.64 bits per heavy atom. The molecule has 0 fully saturated rings. The number of halogens is 2. The van der Waals surface area contributed by atoms with Crippen LogP contribution in [0.3, 0.4) is 0 Å². The number of nitrogens with zero attached hydrogens (tertiary/aromatic N) is 3. The molecule has 0 spiro atoms. The highest BCUT2D eigenvalue weighted by Gasteiger charge is 2.18. The van der Waals surface area contributed by atoms with E-state index in [2.05, 4.69) is 9.84 Å². The third-order valence-electron chi connectivity index (χ3n) is 3.82. The molecule has 132 valence electrons. The number of benzene rings is 1. The Kier molecular flexibility index (Phi) is 4.71. The first-order chi connectivity index (χ1) is 11.8. The first-order valence-corrected chi connectivity index (χ1v) is 8.39. The van der Waals surface area contributed by atoms with Crippen molar-refractivity contribution in [3.8, 4) is 5.75 Å². The third-order valence-corrected chi connectivity index (χ3v) is 5.01. The Balaban J connectivity index is 1.72. The molecule has 25 heavy (non-hydrogen) atoms. The van der Waals surface area contributed by atoms with Gasteiger partial charge in [0.15, 0.2) is 0 Å². The molecule has 0 N–H and O–H groups in total. The summed E-state index contributed by atoms with van der Waals surface area (Å²) in [5.41, 5.74) is 1.72. The standard InChI is InChI=1S/C17H17F2N3O2S/c1-10-13-8-14(25-16(13)22(3)20-10)15(23)21(2)9-11-4-6-12(7-5-11)24-17(18)19/h4-8,17H,9H2,1-3H3. The molecule has 0 saturated carbocycles. The number of aromatic nitrogens is 2. The lowest BCUT2D eigenvalue weighted by Crippen LogP contribution is -2.25. The van der Waals surface area contributed by atoms with Crippen molar-refractivity contribution in [3.63, 3.8) is 0 Å². The number of fused-ring (bicyclic) bond motifs is 1. The summed E-state index contributed by atoms with van der Waals surface area (Å²) in [5.74, 6) is 0.00807. The smallest absolute Gasteiger partial charge is 0.387 e. The van der Waals surface area contributed by atoms with Gasteiger partial charge < -0.3 is 9.64 Å². The first-order valence-electron chi connectivity index (χ1n) is 7.57. The van der Waals surface area contributed by atoms with Crippen LogP contribution in [0, 0.1) is 6.92 Å². The van der Waals surface area contributed by atoms with E-state index in [1.807, 2.05) is 20.0 Å². The molecule has 2 heterocycles. The molecule has 0 bridgehead atoms. The highest BCUT2D eigenvalue weighted by molar-refractivity contribution is 7.20. The Hall–Kier alpha value is -2.48. The summed E-state index contributed by atoms with van der Waals surface area (Å²) in [4.78, 5) is 15.8. The fourth-order valence-corrected chi connectivity index (χ4v) is 3.74. The summed E-state index contributed by atoms with van der Waals surface area (Å²) in [7, 11) is 3.56. The molecule has 3 rings (SSSR count). The van der Waals surface area contributed by atoms with Gasteiger partial charge in [-0.25, -0.2) is 0 Å². The van der Waals surface area contributed by atoms with Crippen molar-refractivity contribution < 1.29 is 18.3 Å². The van der Waals surface area contributed by atoms with Crippen LogP contribution >= 0.6 is 11.3 Å². The molecule has 0 radical (unpaired) electrons. The molecule has 0 aliphatic rings. The molecule has 0 saturated heterocycles. The van der Waals surface area contributed by atoms with Gasteiger partial charge in [0, 0.05) is 26.0 Å². The fraction of sp³-hybridized carbons (Fsp3) is 0.294. The highest BCUT2D eigenvalue weighted by atomic mass is 32.1. The Labute approximate surface area is 147 Å². The maximum absolute atomic E-state index is 12.6. The summed E-state index contributed by atoms with van der Waals surface area (Å²) in [6.07, 6.45) is 0. The number of ether oxygens (including phenoxy) is 1. The van der Waals surface area contributed by atoms with Crippen LogP contribution in [0.5, 0.6) is 5.75 Å². The summed E-state index contributed by atoms with van der Waals surface area (Å²) in [6, 6.07) is 8.13. The number of carbonyl (C=O) groups excluding carboxylic acids is 1. The molecule has 2 aromatic heterocycles. The van der Waals surface area contributed by atoms with Crippen LogP contribution in [-0.4, -0.2) is 34.2 Å². The highest BCUT2D eigenvalue weighted by Crippen LogP contribution is 2.28. The van der Waals surface area contributed by atoms with Crippen LogP contribution in [0.2, 0.25) is 0 Å². The van der Waals surface area contributed by atoms with Gasteiger partial charge >= 0.3 is 6.61 Å². The topological polar surface area (TPSA) is 47.4 Å². The molecule has 1 aromatic carbocycles. The second-order valence-electron chi connectivity index (χ2n) is 5.72. The minimum absolute atomic E-state index is 0.0893. The van der Waals surface area contributed by atoms with Crippen molar-refractivity contribution in [1.29, 1.82) is 0 Å². The zero-order valence-corrected chi connectivity index (χ0v) is 14.8. The number of hydrogen-bond donors (Lipinski definition) is 0. The summed E-state index contributed by atoms with van der Waals surface area (Å²) >= 11 is 1.41. The third kappa shape index (κ3) is 3.63. The minimum Gasteiger partial charge on any atom is -0.435 e. The van der Waals surface area contributed by atoms with Gasteiger partial charge in [0.2, 0.25) is 0 Å². The lowest BCUT2D eigenvalue weighted by atomic mass is 10.2. The molecule has 3 aromatic rings. The van der Waals surface area contributed by atoms with Crippen LogP contribution in [0.1, 0.15) is 20.9 Å². The van der Waals surface area contributed by atoms with E-state index in [0.29, 0.717) is 11.4 Å². The first kappa shape index (κ1) is 17.3. The maximum Gasteiger partial charge on any atom is 0.387 e. The van der Waals surface area contributed by atoms with Crippen molar-refractivity contribution in [2.75, 3.05) is 7.05 Å². The lowest BCUT2D eigenvalue weighted by Gasteiger charge is -2.16. The largest absolute Gasteiger partial charge is 0.435 e. The van der Waals surface area contributed by atoms with Gasteiger partial charge in [0.25, 0.3) is 5.91 Å². The van der Waals surface area contributed by atoms with E-state index in [1.54, 1.807) is 28.8 Å². The van der Waals surface area contributed by atoms with E-state index >= 15 is 0 Å². The summed E-state index contributed by atoms with van der Waals surface area (Å²) < 4.78 is 30.4. The Morgan fingerprint density at radius 1 is 1.36 bits per heavy atom. The van der Waals surface area contributed by atoms with E-state index in [-0.39, 0.29) is 11.7 Å². The molecule has 8 heteroatoms. The van der Waals surface area contributed by atoms with E-state index in [1.165, 1.54) is 23.5 Å². The van der Waals surface area contributed by atoms with Crippen molar-refractivity contribution in [3.05, 3.63) is 46.5 Å². The molecule has 0 aliphatic carbocycles. The lowest BCUT2D eigenvalue weighted by molar-refractivity contribution is -0.0498. The van der Waals surface area contributed by atoms with Crippen LogP contribution in [0.4, 0.5) is 8.78 Å². The second kappa shape index (κ2) is 6.79.